The van der Waals surface area contributed by atoms with Gasteiger partial charge in [0, 0.05) is 25.2 Å². The quantitative estimate of drug-likeness (QED) is 0.653. The van der Waals surface area contributed by atoms with Gasteiger partial charge in [0.25, 0.3) is 0 Å². The molecule has 2 unspecified atom stereocenters. The number of aryl methyl sites for hydroxylation is 1. The molecule has 7 heteroatoms. The molecule has 4 N–H and O–H groups in total. The Morgan fingerprint density at radius 3 is 2.57 bits per heavy atom. The van der Waals surface area contributed by atoms with Gasteiger partial charge in [0.1, 0.15) is 0 Å². The minimum atomic E-state index is -1.11. The highest BCUT2D eigenvalue weighted by molar-refractivity contribution is 5.84. The molecule has 0 aliphatic heterocycles. The third-order valence-corrected chi connectivity index (χ3v) is 3.22. The molecule has 0 aliphatic rings. The van der Waals surface area contributed by atoms with Crippen LogP contribution in [-0.4, -0.2) is 33.3 Å². The van der Waals surface area contributed by atoms with Crippen LogP contribution >= 0.6 is 0 Å². The Balaban J connectivity index is 2.67. The van der Waals surface area contributed by atoms with Gasteiger partial charge in [-0.25, -0.2) is 4.79 Å². The van der Waals surface area contributed by atoms with Crippen LogP contribution in [0.1, 0.15) is 38.3 Å². The summed E-state index contributed by atoms with van der Waals surface area (Å²) in [5.74, 6) is -0.903. The second-order valence-electron chi connectivity index (χ2n) is 5.72. The largest absolute Gasteiger partial charge is 0.479 e. The Morgan fingerprint density at radius 1 is 1.48 bits per heavy atom. The monoisotopic (exact) mass is 296 g/mol. The van der Waals surface area contributed by atoms with Crippen LogP contribution in [0.2, 0.25) is 0 Å². The van der Waals surface area contributed by atoms with E-state index in [2.05, 4.69) is 24.3 Å². The average molecular weight is 296 g/mol. The molecular formula is C14H24N4O3. The molecule has 0 saturated heterocycles. The molecule has 1 aromatic rings. The number of hydrogen-bond donors (Lipinski definition) is 3. The highest BCUT2D eigenvalue weighted by Gasteiger charge is 2.24. The first-order valence-electron chi connectivity index (χ1n) is 7.04. The van der Waals surface area contributed by atoms with E-state index < -0.39 is 12.0 Å². The molecule has 0 aromatic carbocycles. The molecule has 21 heavy (non-hydrogen) atoms. The lowest BCUT2D eigenvalue weighted by Crippen LogP contribution is -2.35. The number of hydrogen-bond acceptors (Lipinski definition) is 4. The molecule has 1 aromatic heterocycles. The topological polar surface area (TPSA) is 110 Å². The van der Waals surface area contributed by atoms with Gasteiger partial charge in [-0.2, -0.15) is 5.10 Å². The van der Waals surface area contributed by atoms with Crippen LogP contribution in [0.5, 0.6) is 0 Å². The number of carbonyl (C=O) groups is 2. The van der Waals surface area contributed by atoms with Gasteiger partial charge >= 0.3 is 5.97 Å². The van der Waals surface area contributed by atoms with Crippen molar-refractivity contribution in [3.63, 3.8) is 0 Å². The lowest BCUT2D eigenvalue weighted by atomic mass is 9.94. The van der Waals surface area contributed by atoms with E-state index in [1.54, 1.807) is 13.2 Å². The minimum Gasteiger partial charge on any atom is -0.479 e. The molecule has 1 heterocycles. The first-order valence-corrected chi connectivity index (χ1v) is 7.04. The number of carbonyl (C=O) groups excluding carboxylic acids is 1. The summed E-state index contributed by atoms with van der Waals surface area (Å²) in [5.41, 5.74) is 6.12. The smallest absolute Gasteiger partial charge is 0.331 e. The zero-order chi connectivity index (χ0) is 16.0. The van der Waals surface area contributed by atoms with Crippen LogP contribution in [-0.2, 0) is 16.6 Å². The normalized spacial score (nSPS) is 14.0. The molecule has 0 aliphatic carbocycles. The lowest BCUT2D eigenvalue weighted by Gasteiger charge is -2.18. The molecule has 118 valence electrons. The first kappa shape index (κ1) is 17.2. The van der Waals surface area contributed by atoms with E-state index in [4.69, 9.17) is 5.73 Å². The van der Waals surface area contributed by atoms with Crippen molar-refractivity contribution < 1.29 is 14.7 Å². The number of nitrogens with two attached hydrogens (primary N) is 1. The minimum absolute atomic E-state index is 0.0633. The molecule has 0 saturated carbocycles. The zero-order valence-corrected chi connectivity index (χ0v) is 12.7. The molecule has 7 nitrogen and oxygen atoms in total. The van der Waals surface area contributed by atoms with E-state index in [0.29, 0.717) is 18.0 Å². The van der Waals surface area contributed by atoms with Gasteiger partial charge in [-0.15, -0.1) is 0 Å². The summed E-state index contributed by atoms with van der Waals surface area (Å²) in [5, 5.41) is 15.7. The van der Waals surface area contributed by atoms with E-state index in [0.717, 1.165) is 6.42 Å². The van der Waals surface area contributed by atoms with Gasteiger partial charge in [0.2, 0.25) is 5.91 Å². The van der Waals surface area contributed by atoms with Crippen LogP contribution in [0.3, 0.4) is 0 Å². The van der Waals surface area contributed by atoms with E-state index in [1.165, 1.54) is 10.9 Å². The summed E-state index contributed by atoms with van der Waals surface area (Å²) in [6.45, 7) is 4.54. The standard InChI is InChI=1S/C14H24N4O3/c1-9(2)4-10(6-15)5-12(19)17-13(14(20)21)11-7-16-18(3)8-11/h7-10,13H,4-6,15H2,1-3H3,(H,17,19)(H,20,21). The molecule has 1 amide bonds. The Hall–Kier alpha value is -1.89. The molecule has 0 spiro atoms. The van der Waals surface area contributed by atoms with E-state index in [9.17, 15) is 14.7 Å². The van der Waals surface area contributed by atoms with Gasteiger partial charge in [-0.3, -0.25) is 9.48 Å². The zero-order valence-electron chi connectivity index (χ0n) is 12.7. The average Bonchev–Trinajstić information content (AvgIpc) is 2.80. The maximum atomic E-state index is 12.0. The Kier molecular flexibility index (Phi) is 6.36. The van der Waals surface area contributed by atoms with Gasteiger partial charge in [0.15, 0.2) is 6.04 Å². The summed E-state index contributed by atoms with van der Waals surface area (Å²) >= 11 is 0. The molecule has 1 rings (SSSR count). The number of carboxylic acids is 1. The predicted octanol–water partition coefficient (Wildman–Crippen LogP) is 0.673. The lowest BCUT2D eigenvalue weighted by molar-refractivity contribution is -0.142. The number of aliphatic carboxylic acids is 1. The third-order valence-electron chi connectivity index (χ3n) is 3.22. The number of rotatable bonds is 8. The van der Waals surface area contributed by atoms with Crippen LogP contribution in [0.15, 0.2) is 12.4 Å². The van der Waals surface area contributed by atoms with Crippen LogP contribution < -0.4 is 11.1 Å². The fourth-order valence-corrected chi connectivity index (χ4v) is 2.29. The van der Waals surface area contributed by atoms with Gasteiger partial charge in [-0.1, -0.05) is 13.8 Å². The predicted molar refractivity (Wildman–Crippen MR) is 78.3 cm³/mol. The first-order chi connectivity index (χ1) is 9.83. The van der Waals surface area contributed by atoms with E-state index >= 15 is 0 Å². The van der Waals surface area contributed by atoms with Crippen molar-refractivity contribution in [3.8, 4) is 0 Å². The molecule has 0 bridgehead atoms. The van der Waals surface area contributed by atoms with Crippen molar-refractivity contribution in [3.05, 3.63) is 18.0 Å². The summed E-state index contributed by atoms with van der Waals surface area (Å²) in [7, 11) is 1.69. The van der Waals surface area contributed by atoms with Crippen LogP contribution in [0.4, 0.5) is 0 Å². The second kappa shape index (κ2) is 7.78. The highest BCUT2D eigenvalue weighted by Crippen LogP contribution is 2.16. The summed E-state index contributed by atoms with van der Waals surface area (Å²) in [6.07, 6.45) is 4.09. The van der Waals surface area contributed by atoms with Gasteiger partial charge < -0.3 is 16.2 Å². The van der Waals surface area contributed by atoms with Crippen LogP contribution in [0.25, 0.3) is 0 Å². The maximum Gasteiger partial charge on any atom is 0.331 e. The third kappa shape index (κ3) is 5.55. The molecular weight excluding hydrogens is 272 g/mol. The SMILES string of the molecule is CC(C)CC(CN)CC(=O)NC(C(=O)O)c1cnn(C)c1. The van der Waals surface area contributed by atoms with Gasteiger partial charge in [-0.05, 0) is 24.8 Å². The van der Waals surface area contributed by atoms with E-state index in [1.807, 2.05) is 0 Å². The van der Waals surface area contributed by atoms with Crippen molar-refractivity contribution >= 4 is 11.9 Å². The summed E-state index contributed by atoms with van der Waals surface area (Å²) in [6, 6.07) is -1.08. The number of aromatic nitrogens is 2. The highest BCUT2D eigenvalue weighted by atomic mass is 16.4. The number of nitrogens with zero attached hydrogens (tertiary/aromatic N) is 2. The Labute approximate surface area is 124 Å². The van der Waals surface area contributed by atoms with Crippen molar-refractivity contribution in [2.24, 2.45) is 24.6 Å². The van der Waals surface area contributed by atoms with Gasteiger partial charge in [0.05, 0.1) is 6.20 Å². The molecule has 0 radical (unpaired) electrons. The number of carboxylic acid groups (broad SMARTS) is 1. The van der Waals surface area contributed by atoms with E-state index in [-0.39, 0.29) is 18.2 Å². The Bertz CT molecular complexity index is 484. The fraction of sp³-hybridized carbons (Fsp3) is 0.643. The molecule has 2 atom stereocenters. The molecule has 0 fully saturated rings. The summed E-state index contributed by atoms with van der Waals surface area (Å²) < 4.78 is 1.50. The maximum absolute atomic E-state index is 12.0. The number of amides is 1. The summed E-state index contributed by atoms with van der Waals surface area (Å²) in [4.78, 5) is 23.3. The van der Waals surface area contributed by atoms with Crippen molar-refractivity contribution in [1.82, 2.24) is 15.1 Å². The second-order valence-corrected chi connectivity index (χ2v) is 5.72. The van der Waals surface area contributed by atoms with Crippen molar-refractivity contribution in [1.29, 1.82) is 0 Å². The van der Waals surface area contributed by atoms with Crippen molar-refractivity contribution in [2.45, 2.75) is 32.7 Å². The van der Waals surface area contributed by atoms with Crippen LogP contribution in [0, 0.1) is 11.8 Å². The fourth-order valence-electron chi connectivity index (χ4n) is 2.29. The van der Waals surface area contributed by atoms with Crippen molar-refractivity contribution in [2.75, 3.05) is 6.54 Å². The Morgan fingerprint density at radius 2 is 2.14 bits per heavy atom. The number of nitrogens with one attached hydrogen (secondary N) is 1.